The third-order valence-electron chi connectivity index (χ3n) is 4.76. The maximum Gasteiger partial charge on any atom is 0.297 e. The normalized spacial score (nSPS) is 18.5. The van der Waals surface area contributed by atoms with E-state index in [-0.39, 0.29) is 24.5 Å². The molecule has 1 fully saturated rings. The summed E-state index contributed by atoms with van der Waals surface area (Å²) in [6.07, 6.45) is -1.21. The van der Waals surface area contributed by atoms with Crippen LogP contribution in [0.1, 0.15) is 25.8 Å². The maximum atomic E-state index is 12.7. The second-order valence-corrected chi connectivity index (χ2v) is 9.24. The highest BCUT2D eigenvalue weighted by Gasteiger charge is 2.39. The molecule has 0 aliphatic carbocycles. The van der Waals surface area contributed by atoms with Crippen molar-refractivity contribution in [3.63, 3.8) is 0 Å². The zero-order chi connectivity index (χ0) is 23.0. The largest absolute Gasteiger partial charge is 0.497 e. The van der Waals surface area contributed by atoms with Crippen molar-refractivity contribution in [1.82, 2.24) is 0 Å². The first-order chi connectivity index (χ1) is 15.3. The summed E-state index contributed by atoms with van der Waals surface area (Å²) < 4.78 is 53.0. The van der Waals surface area contributed by atoms with Gasteiger partial charge in [-0.25, -0.2) is 0 Å². The minimum absolute atomic E-state index is 0.0824. The van der Waals surface area contributed by atoms with E-state index in [0.29, 0.717) is 6.61 Å². The summed E-state index contributed by atoms with van der Waals surface area (Å²) in [4.78, 5) is 0.0824. The van der Waals surface area contributed by atoms with Gasteiger partial charge in [-0.05, 0) is 43.7 Å². The molecule has 0 amide bonds. The fourth-order valence-corrected chi connectivity index (χ4v) is 4.22. The highest BCUT2D eigenvalue weighted by atomic mass is 32.2. The molecule has 0 radical (unpaired) electrons. The molecule has 1 saturated heterocycles. The molecular weight excluding hydrogens is 432 g/mol. The van der Waals surface area contributed by atoms with Gasteiger partial charge in [-0.1, -0.05) is 42.2 Å². The summed E-state index contributed by atoms with van der Waals surface area (Å²) >= 11 is 0. The summed E-state index contributed by atoms with van der Waals surface area (Å²) in [5.74, 6) is 5.83. The van der Waals surface area contributed by atoms with Crippen molar-refractivity contribution in [2.45, 2.75) is 49.8 Å². The predicted octanol–water partition coefficient (Wildman–Crippen LogP) is 3.53. The van der Waals surface area contributed by atoms with Crippen molar-refractivity contribution in [1.29, 1.82) is 0 Å². The Kier molecular flexibility index (Phi) is 8.29. The molecule has 172 valence electrons. The van der Waals surface area contributed by atoms with Crippen LogP contribution in [0.3, 0.4) is 0 Å². The van der Waals surface area contributed by atoms with E-state index in [1.165, 1.54) is 12.1 Å². The van der Waals surface area contributed by atoms with Crippen molar-refractivity contribution >= 4 is 10.1 Å². The first-order valence-corrected chi connectivity index (χ1v) is 11.7. The van der Waals surface area contributed by atoms with E-state index in [9.17, 15) is 8.42 Å². The summed E-state index contributed by atoms with van der Waals surface area (Å²) in [5.41, 5.74) is 1.00. The van der Waals surface area contributed by atoms with Crippen molar-refractivity contribution in [2.75, 3.05) is 20.3 Å². The van der Waals surface area contributed by atoms with Crippen molar-refractivity contribution in [3.05, 3.63) is 60.2 Å². The maximum absolute atomic E-state index is 12.7. The molecule has 1 aliphatic rings. The van der Waals surface area contributed by atoms with Crippen molar-refractivity contribution < 1.29 is 31.5 Å². The van der Waals surface area contributed by atoms with Crippen LogP contribution in [-0.2, 0) is 35.1 Å². The van der Waals surface area contributed by atoms with E-state index in [1.54, 1.807) is 39.2 Å². The second-order valence-electron chi connectivity index (χ2n) is 7.67. The predicted molar refractivity (Wildman–Crippen MR) is 118 cm³/mol. The molecule has 0 unspecified atom stereocenters. The van der Waals surface area contributed by atoms with Crippen LogP contribution in [0, 0.1) is 11.8 Å². The van der Waals surface area contributed by atoms with Gasteiger partial charge in [0.15, 0.2) is 5.79 Å². The molecule has 7 nitrogen and oxygen atoms in total. The Labute approximate surface area is 189 Å². The zero-order valence-electron chi connectivity index (χ0n) is 18.4. The van der Waals surface area contributed by atoms with Crippen LogP contribution in [0.2, 0.25) is 0 Å². The molecule has 2 atom stereocenters. The lowest BCUT2D eigenvalue weighted by Crippen LogP contribution is -2.34. The number of hydrogen-bond acceptors (Lipinski definition) is 7. The SMILES string of the molecule is COc1ccc(COCC#CC[C@H](OS(=O)(=O)c2ccccc2)[C@@H]2COC(C)(C)O2)cc1. The average Bonchev–Trinajstić information content (AvgIpc) is 3.16. The first-order valence-electron chi connectivity index (χ1n) is 10.3. The molecule has 0 aromatic heterocycles. The van der Waals surface area contributed by atoms with Crippen LogP contribution in [0.4, 0.5) is 0 Å². The molecule has 2 aromatic carbocycles. The van der Waals surface area contributed by atoms with E-state index < -0.39 is 28.1 Å². The molecule has 3 rings (SSSR count). The lowest BCUT2D eigenvalue weighted by molar-refractivity contribution is -0.148. The molecule has 0 spiro atoms. The lowest BCUT2D eigenvalue weighted by atomic mass is 10.1. The Morgan fingerprint density at radius 3 is 2.44 bits per heavy atom. The summed E-state index contributed by atoms with van der Waals surface area (Å²) in [5, 5.41) is 0. The van der Waals surface area contributed by atoms with E-state index in [2.05, 4.69) is 11.8 Å². The minimum atomic E-state index is -3.97. The van der Waals surface area contributed by atoms with Gasteiger partial charge >= 0.3 is 0 Å². The topological polar surface area (TPSA) is 80.3 Å². The Bertz CT molecular complexity index is 1020. The van der Waals surface area contributed by atoms with Gasteiger partial charge < -0.3 is 18.9 Å². The number of hydrogen-bond donors (Lipinski definition) is 0. The van der Waals surface area contributed by atoms with E-state index >= 15 is 0 Å². The van der Waals surface area contributed by atoms with Gasteiger partial charge in [0.2, 0.25) is 0 Å². The summed E-state index contributed by atoms with van der Waals surface area (Å²) in [7, 11) is -2.35. The monoisotopic (exact) mass is 460 g/mol. The van der Waals surface area contributed by atoms with Crippen LogP contribution in [0.5, 0.6) is 5.75 Å². The molecule has 8 heteroatoms. The highest BCUT2D eigenvalue weighted by molar-refractivity contribution is 7.86. The fourth-order valence-electron chi connectivity index (χ4n) is 3.10. The lowest BCUT2D eigenvalue weighted by Gasteiger charge is -2.22. The fraction of sp³-hybridized carbons (Fsp3) is 0.417. The van der Waals surface area contributed by atoms with Gasteiger partial charge in [0.05, 0.1) is 25.2 Å². The molecule has 32 heavy (non-hydrogen) atoms. The molecule has 0 saturated carbocycles. The number of ether oxygens (including phenoxy) is 4. The summed E-state index contributed by atoms with van der Waals surface area (Å²) in [6.45, 7) is 4.38. The Hall–Kier alpha value is -2.41. The molecule has 1 aliphatic heterocycles. The number of benzene rings is 2. The number of rotatable bonds is 9. The Morgan fingerprint density at radius 2 is 1.81 bits per heavy atom. The van der Waals surface area contributed by atoms with Crippen molar-refractivity contribution in [3.8, 4) is 17.6 Å². The standard InChI is InChI=1S/C24H28O7S/c1-24(2)29-18-23(30-24)22(31-32(25,26)21-9-5-4-6-10-21)11-7-8-16-28-17-19-12-14-20(27-3)15-13-19/h4-6,9-10,12-15,22-23H,11,16-18H2,1-3H3/t22-,23-/m0/s1. The van der Waals surface area contributed by atoms with Crippen LogP contribution in [0.15, 0.2) is 59.5 Å². The summed E-state index contributed by atoms with van der Waals surface area (Å²) in [6, 6.07) is 15.6. The van der Waals surface area contributed by atoms with Crippen LogP contribution < -0.4 is 4.74 Å². The molecule has 1 heterocycles. The van der Waals surface area contributed by atoms with E-state index in [1.807, 2.05) is 24.3 Å². The Balaban J connectivity index is 1.58. The van der Waals surface area contributed by atoms with Crippen molar-refractivity contribution in [2.24, 2.45) is 0 Å². The zero-order valence-corrected chi connectivity index (χ0v) is 19.3. The van der Waals surface area contributed by atoms with Gasteiger partial charge in [-0.3, -0.25) is 4.18 Å². The van der Waals surface area contributed by atoms with Crippen LogP contribution in [-0.4, -0.2) is 46.7 Å². The van der Waals surface area contributed by atoms with Gasteiger partial charge in [0, 0.05) is 6.42 Å². The number of methoxy groups -OCH3 is 1. The van der Waals surface area contributed by atoms with Gasteiger partial charge in [-0.15, -0.1) is 0 Å². The van der Waals surface area contributed by atoms with Gasteiger partial charge in [-0.2, -0.15) is 8.42 Å². The average molecular weight is 461 g/mol. The first kappa shape index (κ1) is 24.2. The van der Waals surface area contributed by atoms with E-state index in [4.69, 9.17) is 23.1 Å². The molecule has 2 aromatic rings. The van der Waals surface area contributed by atoms with Crippen LogP contribution in [0.25, 0.3) is 0 Å². The molecule has 0 N–H and O–H groups in total. The second kappa shape index (κ2) is 10.9. The third kappa shape index (κ3) is 7.05. The third-order valence-corrected chi connectivity index (χ3v) is 6.11. The quantitative estimate of drug-likeness (QED) is 0.322. The minimum Gasteiger partial charge on any atom is -0.497 e. The van der Waals surface area contributed by atoms with Gasteiger partial charge in [0.1, 0.15) is 24.6 Å². The van der Waals surface area contributed by atoms with Gasteiger partial charge in [0.25, 0.3) is 10.1 Å². The molecule has 0 bridgehead atoms. The Morgan fingerprint density at radius 1 is 1.09 bits per heavy atom. The highest BCUT2D eigenvalue weighted by Crippen LogP contribution is 2.28. The van der Waals surface area contributed by atoms with Crippen LogP contribution >= 0.6 is 0 Å². The molecular formula is C24H28O7S. The smallest absolute Gasteiger partial charge is 0.297 e. The van der Waals surface area contributed by atoms with E-state index in [0.717, 1.165) is 11.3 Å².